The molecule has 0 spiro atoms. The Bertz CT molecular complexity index is 440. The zero-order chi connectivity index (χ0) is 17.4. The quantitative estimate of drug-likeness (QED) is 0.600. The van der Waals surface area contributed by atoms with Gasteiger partial charge in [0.2, 0.25) is 0 Å². The second-order valence-electron chi connectivity index (χ2n) is 6.81. The molecule has 2 saturated heterocycles. The van der Waals surface area contributed by atoms with Gasteiger partial charge in [0.05, 0.1) is 13.2 Å². The minimum absolute atomic E-state index is 0.0866. The predicted molar refractivity (Wildman–Crippen MR) is 85.1 cm³/mol. The first kappa shape index (κ1) is 18.6. The molecule has 0 N–H and O–H groups in total. The largest absolute Gasteiger partial charge is 0.466 e. The fourth-order valence-electron chi connectivity index (χ4n) is 3.22. The SMILES string of the molecule is O=C(CCC(=O)CCC1CCOC(=O)C1)CCC1CCOC(=O)C1. The summed E-state index contributed by atoms with van der Waals surface area (Å²) in [6, 6.07) is 0. The molecule has 2 aliphatic heterocycles. The molecule has 0 aromatic rings. The van der Waals surface area contributed by atoms with Gasteiger partial charge in [-0.25, -0.2) is 0 Å². The molecule has 0 aliphatic carbocycles. The Morgan fingerprint density at radius 2 is 1.17 bits per heavy atom. The van der Waals surface area contributed by atoms with E-state index < -0.39 is 0 Å². The minimum Gasteiger partial charge on any atom is -0.466 e. The van der Waals surface area contributed by atoms with Crippen molar-refractivity contribution in [3.63, 3.8) is 0 Å². The number of esters is 2. The van der Waals surface area contributed by atoms with Crippen LogP contribution < -0.4 is 0 Å². The summed E-state index contributed by atoms with van der Waals surface area (Å²) in [5, 5.41) is 0. The van der Waals surface area contributed by atoms with Crippen molar-refractivity contribution in [1.82, 2.24) is 0 Å². The van der Waals surface area contributed by atoms with Gasteiger partial charge in [0, 0.05) is 38.5 Å². The van der Waals surface area contributed by atoms with E-state index in [9.17, 15) is 19.2 Å². The highest BCUT2D eigenvalue weighted by atomic mass is 16.5. The van der Waals surface area contributed by atoms with Crippen molar-refractivity contribution in [2.24, 2.45) is 11.8 Å². The third kappa shape index (κ3) is 6.81. The van der Waals surface area contributed by atoms with Crippen molar-refractivity contribution in [2.45, 2.75) is 64.2 Å². The molecule has 134 valence electrons. The molecule has 2 atom stereocenters. The molecule has 2 fully saturated rings. The van der Waals surface area contributed by atoms with Crippen LogP contribution in [0, 0.1) is 11.8 Å². The third-order valence-electron chi connectivity index (χ3n) is 4.83. The first-order chi connectivity index (χ1) is 11.5. The van der Waals surface area contributed by atoms with Gasteiger partial charge < -0.3 is 9.47 Å². The first-order valence-electron chi connectivity index (χ1n) is 8.87. The van der Waals surface area contributed by atoms with Gasteiger partial charge in [-0.1, -0.05) is 0 Å². The van der Waals surface area contributed by atoms with Gasteiger partial charge in [-0.3, -0.25) is 19.2 Å². The van der Waals surface area contributed by atoms with Crippen LogP contribution in [0.15, 0.2) is 0 Å². The van der Waals surface area contributed by atoms with E-state index in [1.807, 2.05) is 0 Å². The topological polar surface area (TPSA) is 86.7 Å². The molecule has 0 saturated carbocycles. The van der Waals surface area contributed by atoms with Gasteiger partial charge >= 0.3 is 11.9 Å². The van der Waals surface area contributed by atoms with Crippen molar-refractivity contribution in [3.05, 3.63) is 0 Å². The molecule has 2 unspecified atom stereocenters. The number of carbonyl (C=O) groups is 4. The van der Waals surface area contributed by atoms with Crippen molar-refractivity contribution in [3.8, 4) is 0 Å². The van der Waals surface area contributed by atoms with Gasteiger partial charge in [0.1, 0.15) is 11.6 Å². The normalized spacial score (nSPS) is 24.2. The lowest BCUT2D eigenvalue weighted by Crippen LogP contribution is -2.22. The minimum atomic E-state index is -0.180. The molecule has 0 aromatic carbocycles. The number of rotatable bonds is 9. The molecule has 0 aromatic heterocycles. The van der Waals surface area contributed by atoms with E-state index in [0.29, 0.717) is 51.7 Å². The van der Waals surface area contributed by atoms with Crippen LogP contribution in [0.5, 0.6) is 0 Å². The molecule has 24 heavy (non-hydrogen) atoms. The van der Waals surface area contributed by atoms with Crippen LogP contribution >= 0.6 is 0 Å². The van der Waals surface area contributed by atoms with Gasteiger partial charge in [0.25, 0.3) is 0 Å². The summed E-state index contributed by atoms with van der Waals surface area (Å²) < 4.78 is 9.76. The zero-order valence-electron chi connectivity index (χ0n) is 14.1. The second-order valence-corrected chi connectivity index (χ2v) is 6.81. The lowest BCUT2D eigenvalue weighted by atomic mass is 9.91. The highest BCUT2D eigenvalue weighted by Crippen LogP contribution is 2.23. The second kappa shape index (κ2) is 9.55. The van der Waals surface area contributed by atoms with Crippen LogP contribution in [0.3, 0.4) is 0 Å². The highest BCUT2D eigenvalue weighted by molar-refractivity contribution is 5.86. The van der Waals surface area contributed by atoms with Crippen LogP contribution in [0.2, 0.25) is 0 Å². The Balaban J connectivity index is 1.55. The molecule has 2 aliphatic rings. The Morgan fingerprint density at radius 3 is 1.54 bits per heavy atom. The standard InChI is InChI=1S/C18H26O6/c19-15(3-1-13-7-9-23-17(21)11-13)5-6-16(20)4-2-14-8-10-24-18(22)12-14/h13-14H,1-12H2. The molecular formula is C18H26O6. The van der Waals surface area contributed by atoms with E-state index in [-0.39, 0.29) is 48.2 Å². The summed E-state index contributed by atoms with van der Waals surface area (Å²) in [6.07, 6.45) is 5.26. The monoisotopic (exact) mass is 338 g/mol. The number of cyclic esters (lactones) is 2. The smallest absolute Gasteiger partial charge is 0.306 e. The summed E-state index contributed by atoms with van der Waals surface area (Å²) in [6.45, 7) is 0.899. The van der Waals surface area contributed by atoms with Crippen molar-refractivity contribution < 1.29 is 28.7 Å². The summed E-state index contributed by atoms with van der Waals surface area (Å²) in [7, 11) is 0. The fourth-order valence-corrected chi connectivity index (χ4v) is 3.22. The zero-order valence-corrected chi connectivity index (χ0v) is 14.1. The fraction of sp³-hybridized carbons (Fsp3) is 0.778. The summed E-state index contributed by atoms with van der Waals surface area (Å²) in [5.74, 6) is 0.280. The number of carbonyl (C=O) groups excluding carboxylic acids is 4. The average molecular weight is 338 g/mol. The molecule has 6 nitrogen and oxygen atoms in total. The van der Waals surface area contributed by atoms with Crippen LogP contribution in [0.4, 0.5) is 0 Å². The molecule has 2 rings (SSSR count). The van der Waals surface area contributed by atoms with Gasteiger partial charge in [-0.2, -0.15) is 0 Å². The van der Waals surface area contributed by atoms with E-state index >= 15 is 0 Å². The molecule has 0 radical (unpaired) electrons. The number of ketones is 2. The molecule has 2 heterocycles. The molecule has 0 amide bonds. The average Bonchev–Trinajstić information content (AvgIpc) is 2.56. The molecular weight excluding hydrogens is 312 g/mol. The maximum absolute atomic E-state index is 11.9. The van der Waals surface area contributed by atoms with Crippen molar-refractivity contribution in [1.29, 1.82) is 0 Å². The highest BCUT2D eigenvalue weighted by Gasteiger charge is 2.22. The maximum Gasteiger partial charge on any atom is 0.306 e. The van der Waals surface area contributed by atoms with Crippen molar-refractivity contribution in [2.75, 3.05) is 13.2 Å². The summed E-state index contributed by atoms with van der Waals surface area (Å²) in [4.78, 5) is 46.1. The third-order valence-corrected chi connectivity index (χ3v) is 4.83. The molecule has 0 bridgehead atoms. The summed E-state index contributed by atoms with van der Waals surface area (Å²) >= 11 is 0. The van der Waals surface area contributed by atoms with Gasteiger partial charge in [-0.05, 0) is 37.5 Å². The van der Waals surface area contributed by atoms with Crippen molar-refractivity contribution >= 4 is 23.5 Å². The lowest BCUT2D eigenvalue weighted by molar-refractivity contribution is -0.150. The Kier molecular flexibility index (Phi) is 7.40. The Labute approximate surface area is 142 Å². The number of hydrogen-bond acceptors (Lipinski definition) is 6. The first-order valence-corrected chi connectivity index (χ1v) is 8.87. The lowest BCUT2D eigenvalue weighted by Gasteiger charge is -2.21. The van der Waals surface area contributed by atoms with Gasteiger partial charge in [0.15, 0.2) is 0 Å². The van der Waals surface area contributed by atoms with E-state index in [1.165, 1.54) is 0 Å². The number of Topliss-reactive ketones (excluding diaryl/α,β-unsaturated/α-hetero) is 2. The van der Waals surface area contributed by atoms with Crippen LogP contribution in [0.25, 0.3) is 0 Å². The van der Waals surface area contributed by atoms with E-state index in [0.717, 1.165) is 12.8 Å². The summed E-state index contributed by atoms with van der Waals surface area (Å²) in [5.41, 5.74) is 0. The maximum atomic E-state index is 11.9. The van der Waals surface area contributed by atoms with E-state index in [4.69, 9.17) is 9.47 Å². The molecule has 6 heteroatoms. The van der Waals surface area contributed by atoms with Crippen LogP contribution in [-0.4, -0.2) is 36.7 Å². The van der Waals surface area contributed by atoms with Crippen LogP contribution in [0.1, 0.15) is 64.2 Å². The van der Waals surface area contributed by atoms with E-state index in [2.05, 4.69) is 0 Å². The van der Waals surface area contributed by atoms with Crippen LogP contribution in [-0.2, 0) is 28.7 Å². The van der Waals surface area contributed by atoms with Gasteiger partial charge in [-0.15, -0.1) is 0 Å². The van der Waals surface area contributed by atoms with E-state index in [1.54, 1.807) is 0 Å². The predicted octanol–water partition coefficient (Wildman–Crippen LogP) is 2.37. The Morgan fingerprint density at radius 1 is 0.750 bits per heavy atom. The number of hydrogen-bond donors (Lipinski definition) is 0. The Hall–Kier alpha value is -1.72. The number of ether oxygens (including phenoxy) is 2.